The molecule has 0 radical (unpaired) electrons. The van der Waals surface area contributed by atoms with Crippen molar-refractivity contribution in [3.8, 4) is 16.9 Å². The highest BCUT2D eigenvalue weighted by Crippen LogP contribution is 2.37. The monoisotopic (exact) mass is 448 g/mol. The summed E-state index contributed by atoms with van der Waals surface area (Å²) in [4.78, 5) is 0. The van der Waals surface area contributed by atoms with Gasteiger partial charge in [-0.1, -0.05) is 58.1 Å². The largest absolute Gasteiger partial charge is 0.493 e. The Morgan fingerprint density at radius 2 is 1.62 bits per heavy atom. The van der Waals surface area contributed by atoms with Gasteiger partial charge in [-0.25, -0.2) is 13.2 Å². The maximum Gasteiger partial charge on any atom is 0.167 e. The van der Waals surface area contributed by atoms with E-state index in [1.165, 1.54) is 43.5 Å². The third kappa shape index (κ3) is 6.28. The number of rotatable bonds is 11. The number of benzene rings is 2. The molecular weight excluding hydrogens is 413 g/mol. The molecule has 5 heteroatoms. The van der Waals surface area contributed by atoms with Gasteiger partial charge in [-0.3, -0.25) is 0 Å². The Morgan fingerprint density at radius 1 is 0.875 bits per heavy atom. The zero-order valence-corrected chi connectivity index (χ0v) is 19.3. The Balaban J connectivity index is 1.67. The molecule has 0 amide bonds. The predicted octanol–water partition coefficient (Wildman–Crippen LogP) is 8.39. The summed E-state index contributed by atoms with van der Waals surface area (Å²) in [6.45, 7) is 5.35. The topological polar surface area (TPSA) is 18.5 Å². The minimum atomic E-state index is -1.04. The first-order valence-electron chi connectivity index (χ1n) is 12.1. The molecule has 3 rings (SSSR count). The Morgan fingerprint density at radius 3 is 2.31 bits per heavy atom. The maximum absolute atomic E-state index is 14.9. The number of ether oxygens (including phenoxy) is 2. The minimum absolute atomic E-state index is 0.0226. The molecule has 0 saturated carbocycles. The smallest absolute Gasteiger partial charge is 0.167 e. The van der Waals surface area contributed by atoms with Crippen LogP contribution >= 0.6 is 0 Å². The molecule has 1 heterocycles. The molecule has 2 unspecified atom stereocenters. The van der Waals surface area contributed by atoms with E-state index in [1.807, 2.05) is 0 Å². The zero-order chi connectivity index (χ0) is 22.9. The van der Waals surface area contributed by atoms with Crippen LogP contribution in [-0.4, -0.2) is 13.2 Å². The lowest BCUT2D eigenvalue weighted by Gasteiger charge is -2.29. The second-order valence-corrected chi connectivity index (χ2v) is 8.79. The van der Waals surface area contributed by atoms with Crippen molar-refractivity contribution in [1.29, 1.82) is 0 Å². The van der Waals surface area contributed by atoms with Crippen molar-refractivity contribution < 1.29 is 22.6 Å². The number of hydrogen-bond donors (Lipinski definition) is 0. The summed E-state index contributed by atoms with van der Waals surface area (Å²) >= 11 is 0. The Hall–Kier alpha value is -2.01. The summed E-state index contributed by atoms with van der Waals surface area (Å²) in [5.74, 6) is -1.73. The van der Waals surface area contributed by atoms with Gasteiger partial charge in [-0.05, 0) is 43.7 Å². The van der Waals surface area contributed by atoms with Crippen molar-refractivity contribution in [1.82, 2.24) is 0 Å². The molecule has 1 fully saturated rings. The fourth-order valence-electron chi connectivity index (χ4n) is 4.33. The highest BCUT2D eigenvalue weighted by atomic mass is 19.2. The molecule has 0 bridgehead atoms. The lowest BCUT2D eigenvalue weighted by atomic mass is 9.90. The van der Waals surface area contributed by atoms with Gasteiger partial charge in [0.25, 0.3) is 0 Å². The van der Waals surface area contributed by atoms with Gasteiger partial charge in [0.05, 0.1) is 19.3 Å². The van der Waals surface area contributed by atoms with Crippen LogP contribution in [0.15, 0.2) is 30.3 Å². The second kappa shape index (κ2) is 12.3. The van der Waals surface area contributed by atoms with Gasteiger partial charge in [-0.15, -0.1) is 0 Å². The van der Waals surface area contributed by atoms with E-state index in [9.17, 15) is 13.2 Å². The first-order chi connectivity index (χ1) is 15.5. The van der Waals surface area contributed by atoms with E-state index in [0.717, 1.165) is 32.1 Å². The van der Waals surface area contributed by atoms with Crippen LogP contribution in [0, 0.1) is 23.4 Å². The van der Waals surface area contributed by atoms with Crippen LogP contribution in [0.3, 0.4) is 0 Å². The van der Waals surface area contributed by atoms with Crippen LogP contribution in [0.2, 0.25) is 0 Å². The van der Waals surface area contributed by atoms with Crippen LogP contribution in [0.25, 0.3) is 11.1 Å². The molecule has 176 valence electrons. The van der Waals surface area contributed by atoms with Gasteiger partial charge in [0.2, 0.25) is 0 Å². The molecule has 1 saturated heterocycles. The molecular formula is C27H35F3O2. The molecule has 1 aliphatic heterocycles. The number of hydrogen-bond acceptors (Lipinski definition) is 2. The SMILES string of the molecule is CCCCCOc1ccc(-c2ccc(C3CCC(CCCCC)CO3)c(F)c2F)c(F)c1. The molecule has 0 aliphatic carbocycles. The van der Waals surface area contributed by atoms with Crippen molar-refractivity contribution in [3.63, 3.8) is 0 Å². The molecule has 0 spiro atoms. The number of halogens is 3. The van der Waals surface area contributed by atoms with E-state index < -0.39 is 23.6 Å². The second-order valence-electron chi connectivity index (χ2n) is 8.79. The normalized spacial score (nSPS) is 18.7. The van der Waals surface area contributed by atoms with E-state index in [-0.39, 0.29) is 16.7 Å². The van der Waals surface area contributed by atoms with Gasteiger partial charge in [-0.2, -0.15) is 0 Å². The van der Waals surface area contributed by atoms with Crippen molar-refractivity contribution in [2.24, 2.45) is 5.92 Å². The lowest BCUT2D eigenvalue weighted by molar-refractivity contribution is -0.0218. The summed E-state index contributed by atoms with van der Waals surface area (Å²) in [5.41, 5.74) is 0.151. The molecule has 0 aromatic heterocycles. The van der Waals surface area contributed by atoms with E-state index in [4.69, 9.17) is 9.47 Å². The minimum Gasteiger partial charge on any atom is -0.493 e. The summed E-state index contributed by atoms with van der Waals surface area (Å²) in [5, 5.41) is 0. The van der Waals surface area contributed by atoms with Crippen molar-refractivity contribution in [3.05, 3.63) is 53.3 Å². The van der Waals surface area contributed by atoms with Gasteiger partial charge in [0, 0.05) is 22.8 Å². The van der Waals surface area contributed by atoms with Crippen LogP contribution in [0.5, 0.6) is 5.75 Å². The fourth-order valence-corrected chi connectivity index (χ4v) is 4.33. The summed E-state index contributed by atoms with van der Waals surface area (Å²) in [7, 11) is 0. The predicted molar refractivity (Wildman–Crippen MR) is 122 cm³/mol. The average Bonchev–Trinajstić information content (AvgIpc) is 2.80. The van der Waals surface area contributed by atoms with E-state index >= 15 is 0 Å². The van der Waals surface area contributed by atoms with Crippen LogP contribution in [-0.2, 0) is 4.74 Å². The highest BCUT2D eigenvalue weighted by molar-refractivity contribution is 5.66. The summed E-state index contributed by atoms with van der Waals surface area (Å²) < 4.78 is 55.9. The average molecular weight is 449 g/mol. The van der Waals surface area contributed by atoms with E-state index in [1.54, 1.807) is 6.07 Å². The third-order valence-corrected chi connectivity index (χ3v) is 6.29. The Labute approximate surface area is 190 Å². The van der Waals surface area contributed by atoms with Crippen LogP contribution < -0.4 is 4.74 Å². The van der Waals surface area contributed by atoms with Crippen molar-refractivity contribution >= 4 is 0 Å². The molecule has 1 aliphatic rings. The van der Waals surface area contributed by atoms with Gasteiger partial charge in [0.15, 0.2) is 11.6 Å². The quantitative estimate of drug-likeness (QED) is 0.321. The molecule has 2 atom stereocenters. The van der Waals surface area contributed by atoms with Crippen LogP contribution in [0.1, 0.15) is 83.3 Å². The first kappa shape index (κ1) is 24.6. The molecule has 2 nitrogen and oxygen atoms in total. The van der Waals surface area contributed by atoms with E-state index in [0.29, 0.717) is 31.3 Å². The van der Waals surface area contributed by atoms with Crippen molar-refractivity contribution in [2.45, 2.75) is 77.7 Å². The standard InChI is InChI=1S/C27H35F3O2/c1-3-5-7-9-19-10-15-25(32-18-19)23-14-13-22(26(29)27(23)30)21-12-11-20(17-24(21)28)31-16-8-6-4-2/h11-14,17,19,25H,3-10,15-16,18H2,1-2H3. The molecule has 2 aromatic rings. The highest BCUT2D eigenvalue weighted by Gasteiger charge is 2.27. The molecule has 2 aromatic carbocycles. The zero-order valence-electron chi connectivity index (χ0n) is 19.3. The summed E-state index contributed by atoms with van der Waals surface area (Å²) in [6, 6.07) is 7.25. The van der Waals surface area contributed by atoms with Gasteiger partial charge < -0.3 is 9.47 Å². The molecule has 0 N–H and O–H groups in total. The van der Waals surface area contributed by atoms with Crippen molar-refractivity contribution in [2.75, 3.05) is 13.2 Å². The third-order valence-electron chi connectivity index (χ3n) is 6.29. The Kier molecular flexibility index (Phi) is 9.46. The first-order valence-corrected chi connectivity index (χ1v) is 12.1. The summed E-state index contributed by atoms with van der Waals surface area (Å²) in [6.07, 6.45) is 8.87. The fraction of sp³-hybridized carbons (Fsp3) is 0.556. The molecule has 32 heavy (non-hydrogen) atoms. The lowest BCUT2D eigenvalue weighted by Crippen LogP contribution is -2.21. The Bertz CT molecular complexity index is 860. The number of unbranched alkanes of at least 4 members (excludes halogenated alkanes) is 4. The maximum atomic E-state index is 14.9. The van der Waals surface area contributed by atoms with E-state index in [2.05, 4.69) is 13.8 Å². The van der Waals surface area contributed by atoms with Gasteiger partial charge in [0.1, 0.15) is 11.6 Å². The van der Waals surface area contributed by atoms with Crippen LogP contribution in [0.4, 0.5) is 13.2 Å². The van der Waals surface area contributed by atoms with Gasteiger partial charge >= 0.3 is 0 Å².